The van der Waals surface area contributed by atoms with Gasteiger partial charge in [-0.05, 0) is 44.7 Å². The molecule has 0 bridgehead atoms. The minimum absolute atomic E-state index is 0.223. The molecule has 1 unspecified atom stereocenters. The Morgan fingerprint density at radius 1 is 1.40 bits per heavy atom. The number of rotatable bonds is 2. The maximum atomic E-state index is 12.5. The summed E-state index contributed by atoms with van der Waals surface area (Å²) in [7, 11) is 0. The molecule has 0 N–H and O–H groups in total. The molecule has 0 radical (unpaired) electrons. The molecular weight excluding hydrogens is 250 g/mol. The smallest absolute Gasteiger partial charge is 0.227 e. The van der Waals surface area contributed by atoms with Crippen molar-refractivity contribution in [3.8, 4) is 0 Å². The number of amides is 1. The van der Waals surface area contributed by atoms with Crippen LogP contribution in [0.1, 0.15) is 37.3 Å². The Bertz CT molecular complexity index is 629. The number of likely N-dealkylation sites (tertiary alicyclic amines) is 1. The summed E-state index contributed by atoms with van der Waals surface area (Å²) in [6.07, 6.45) is 5.66. The zero-order chi connectivity index (χ0) is 14.1. The van der Waals surface area contributed by atoms with Crippen LogP contribution in [0.5, 0.6) is 0 Å². The van der Waals surface area contributed by atoms with Crippen LogP contribution in [0.3, 0.4) is 0 Å². The first-order chi connectivity index (χ1) is 9.65. The summed E-state index contributed by atoms with van der Waals surface area (Å²) in [6.45, 7) is 5.09. The number of carbonyl (C=O) groups excluding carboxylic acids is 1. The molecule has 0 saturated carbocycles. The van der Waals surface area contributed by atoms with Crippen LogP contribution in [0.15, 0.2) is 28.9 Å². The minimum atomic E-state index is 0.223. The fourth-order valence-corrected chi connectivity index (χ4v) is 3.06. The lowest BCUT2D eigenvalue weighted by Crippen LogP contribution is -2.42. The Morgan fingerprint density at radius 2 is 2.25 bits per heavy atom. The van der Waals surface area contributed by atoms with Gasteiger partial charge in [0.25, 0.3) is 0 Å². The molecule has 1 aliphatic rings. The molecule has 3 nitrogen and oxygen atoms in total. The van der Waals surface area contributed by atoms with Gasteiger partial charge >= 0.3 is 0 Å². The topological polar surface area (TPSA) is 33.5 Å². The highest BCUT2D eigenvalue weighted by atomic mass is 16.3. The van der Waals surface area contributed by atoms with Gasteiger partial charge in [-0.15, -0.1) is 0 Å². The molecule has 0 aliphatic carbocycles. The van der Waals surface area contributed by atoms with Crippen molar-refractivity contribution in [2.45, 2.75) is 45.6 Å². The number of hydrogen-bond donors (Lipinski definition) is 0. The van der Waals surface area contributed by atoms with Crippen LogP contribution in [0, 0.1) is 6.92 Å². The zero-order valence-corrected chi connectivity index (χ0v) is 12.2. The predicted molar refractivity (Wildman–Crippen MR) is 79.7 cm³/mol. The van der Waals surface area contributed by atoms with Gasteiger partial charge in [0.15, 0.2) is 0 Å². The third-order valence-electron chi connectivity index (χ3n) is 4.28. The van der Waals surface area contributed by atoms with Crippen LogP contribution in [0.25, 0.3) is 11.0 Å². The number of benzene rings is 1. The molecular formula is C17H21NO2. The van der Waals surface area contributed by atoms with Crippen molar-refractivity contribution >= 4 is 16.9 Å². The summed E-state index contributed by atoms with van der Waals surface area (Å²) in [5.74, 6) is 0.223. The van der Waals surface area contributed by atoms with Crippen LogP contribution in [-0.2, 0) is 11.2 Å². The van der Waals surface area contributed by atoms with E-state index in [1.807, 2.05) is 17.9 Å². The maximum Gasteiger partial charge on any atom is 0.227 e. The van der Waals surface area contributed by atoms with Crippen molar-refractivity contribution in [2.75, 3.05) is 6.54 Å². The SMILES string of the molecule is Cc1ccc2c(CC(=O)N3CCCCC3C)coc2c1. The van der Waals surface area contributed by atoms with Gasteiger partial charge in [0.05, 0.1) is 12.7 Å². The molecule has 1 aromatic carbocycles. The van der Waals surface area contributed by atoms with Gasteiger partial charge in [-0.3, -0.25) is 4.79 Å². The van der Waals surface area contributed by atoms with Crippen molar-refractivity contribution in [3.63, 3.8) is 0 Å². The Balaban J connectivity index is 1.80. The lowest BCUT2D eigenvalue weighted by Gasteiger charge is -2.33. The van der Waals surface area contributed by atoms with E-state index in [4.69, 9.17) is 4.42 Å². The first-order valence-corrected chi connectivity index (χ1v) is 7.41. The van der Waals surface area contributed by atoms with E-state index in [9.17, 15) is 4.79 Å². The molecule has 0 spiro atoms. The summed E-state index contributed by atoms with van der Waals surface area (Å²) < 4.78 is 5.57. The van der Waals surface area contributed by atoms with Crippen molar-refractivity contribution in [1.82, 2.24) is 4.90 Å². The van der Waals surface area contributed by atoms with Crippen molar-refractivity contribution in [2.24, 2.45) is 0 Å². The molecule has 2 aromatic rings. The Labute approximate surface area is 119 Å². The predicted octanol–water partition coefficient (Wildman–Crippen LogP) is 3.68. The van der Waals surface area contributed by atoms with Gasteiger partial charge in [-0.2, -0.15) is 0 Å². The van der Waals surface area contributed by atoms with Gasteiger partial charge in [-0.25, -0.2) is 0 Å². The fourth-order valence-electron chi connectivity index (χ4n) is 3.06. The molecule has 1 fully saturated rings. The average Bonchev–Trinajstić information content (AvgIpc) is 2.81. The maximum absolute atomic E-state index is 12.5. The number of carbonyl (C=O) groups is 1. The molecule has 20 heavy (non-hydrogen) atoms. The number of aryl methyl sites for hydroxylation is 1. The summed E-state index contributed by atoms with van der Waals surface area (Å²) in [6, 6.07) is 6.51. The quantitative estimate of drug-likeness (QED) is 0.834. The average molecular weight is 271 g/mol. The molecule has 1 aromatic heterocycles. The molecule has 3 heteroatoms. The van der Waals surface area contributed by atoms with Crippen LogP contribution < -0.4 is 0 Å². The third-order valence-corrected chi connectivity index (χ3v) is 4.28. The van der Waals surface area contributed by atoms with E-state index in [0.29, 0.717) is 12.5 Å². The summed E-state index contributed by atoms with van der Waals surface area (Å²) >= 11 is 0. The fraction of sp³-hybridized carbons (Fsp3) is 0.471. The van der Waals surface area contributed by atoms with Crippen LogP contribution >= 0.6 is 0 Å². The van der Waals surface area contributed by atoms with E-state index in [2.05, 4.69) is 19.1 Å². The Kier molecular flexibility index (Phi) is 3.51. The minimum Gasteiger partial charge on any atom is -0.464 e. The van der Waals surface area contributed by atoms with E-state index in [0.717, 1.165) is 35.9 Å². The van der Waals surface area contributed by atoms with Crippen molar-refractivity contribution in [3.05, 3.63) is 35.6 Å². The van der Waals surface area contributed by atoms with Gasteiger partial charge in [-0.1, -0.05) is 12.1 Å². The van der Waals surface area contributed by atoms with Gasteiger partial charge in [0, 0.05) is 23.5 Å². The molecule has 1 amide bonds. The van der Waals surface area contributed by atoms with Crippen LogP contribution in [0.4, 0.5) is 0 Å². The van der Waals surface area contributed by atoms with E-state index >= 15 is 0 Å². The number of furan rings is 1. The largest absolute Gasteiger partial charge is 0.464 e. The van der Waals surface area contributed by atoms with E-state index in [-0.39, 0.29) is 5.91 Å². The second kappa shape index (κ2) is 5.31. The highest BCUT2D eigenvalue weighted by Crippen LogP contribution is 2.24. The second-order valence-corrected chi connectivity index (χ2v) is 5.87. The summed E-state index contributed by atoms with van der Waals surface area (Å²) in [5, 5.41) is 1.06. The van der Waals surface area contributed by atoms with Crippen LogP contribution in [0.2, 0.25) is 0 Å². The van der Waals surface area contributed by atoms with E-state index in [1.165, 1.54) is 12.0 Å². The van der Waals surface area contributed by atoms with E-state index < -0.39 is 0 Å². The Hall–Kier alpha value is -1.77. The van der Waals surface area contributed by atoms with Gasteiger partial charge in [0.2, 0.25) is 5.91 Å². The highest BCUT2D eigenvalue weighted by molar-refractivity contribution is 5.88. The third kappa shape index (κ3) is 2.45. The number of piperidine rings is 1. The molecule has 2 heterocycles. The normalized spacial score (nSPS) is 19.5. The second-order valence-electron chi connectivity index (χ2n) is 5.87. The van der Waals surface area contributed by atoms with E-state index in [1.54, 1.807) is 6.26 Å². The summed E-state index contributed by atoms with van der Waals surface area (Å²) in [4.78, 5) is 14.5. The molecule has 106 valence electrons. The Morgan fingerprint density at radius 3 is 3.05 bits per heavy atom. The zero-order valence-electron chi connectivity index (χ0n) is 12.2. The van der Waals surface area contributed by atoms with Gasteiger partial charge in [0.1, 0.15) is 5.58 Å². The number of fused-ring (bicyclic) bond motifs is 1. The number of hydrogen-bond acceptors (Lipinski definition) is 2. The van der Waals surface area contributed by atoms with Crippen molar-refractivity contribution in [1.29, 1.82) is 0 Å². The lowest BCUT2D eigenvalue weighted by molar-refractivity contribution is -0.133. The molecule has 1 aliphatic heterocycles. The van der Waals surface area contributed by atoms with Gasteiger partial charge < -0.3 is 9.32 Å². The molecule has 3 rings (SSSR count). The number of nitrogens with zero attached hydrogens (tertiary/aromatic N) is 1. The first-order valence-electron chi connectivity index (χ1n) is 7.41. The monoisotopic (exact) mass is 271 g/mol. The molecule has 1 atom stereocenters. The lowest BCUT2D eigenvalue weighted by atomic mass is 10.0. The van der Waals surface area contributed by atoms with Crippen LogP contribution in [-0.4, -0.2) is 23.4 Å². The van der Waals surface area contributed by atoms with Crippen molar-refractivity contribution < 1.29 is 9.21 Å². The highest BCUT2D eigenvalue weighted by Gasteiger charge is 2.24. The molecule has 1 saturated heterocycles. The summed E-state index contributed by atoms with van der Waals surface area (Å²) in [5.41, 5.74) is 3.05. The standard InChI is InChI=1S/C17H21NO2/c1-12-6-7-15-14(11-20-16(15)9-12)10-17(19)18-8-4-3-5-13(18)2/h6-7,9,11,13H,3-5,8,10H2,1-2H3. The first kappa shape index (κ1) is 13.2.